The van der Waals surface area contributed by atoms with Gasteiger partial charge in [0.25, 0.3) is 0 Å². The molecule has 0 saturated carbocycles. The van der Waals surface area contributed by atoms with Gasteiger partial charge in [0, 0.05) is 29.4 Å². The summed E-state index contributed by atoms with van der Waals surface area (Å²) in [6.07, 6.45) is 1.80. The third kappa shape index (κ3) is 5.39. The number of aromatic hydroxyl groups is 1. The highest BCUT2D eigenvalue weighted by atomic mass is 35.5. The number of hydrogen-bond acceptors (Lipinski definition) is 5. The van der Waals surface area contributed by atoms with E-state index in [-0.39, 0.29) is 16.3 Å². The zero-order chi connectivity index (χ0) is 18.4. The molecule has 2 rings (SSSR count). The van der Waals surface area contributed by atoms with Gasteiger partial charge in [-0.15, -0.1) is 0 Å². The van der Waals surface area contributed by atoms with E-state index in [9.17, 15) is 24.0 Å². The summed E-state index contributed by atoms with van der Waals surface area (Å²) in [5, 5.41) is 20.8. The van der Waals surface area contributed by atoms with Gasteiger partial charge in [0.2, 0.25) is 5.75 Å². The van der Waals surface area contributed by atoms with E-state index in [1.54, 1.807) is 12.1 Å². The minimum atomic E-state index is -2.87. The molecule has 6 nitrogen and oxygen atoms in total. The Morgan fingerprint density at radius 1 is 1.32 bits per heavy atom. The molecule has 0 atom stereocenters. The molecule has 0 aliphatic carbocycles. The van der Waals surface area contributed by atoms with Gasteiger partial charge in [0.05, 0.1) is 4.92 Å². The summed E-state index contributed by atoms with van der Waals surface area (Å²) < 4.78 is 28.4. The number of phenolic OH excluding ortho intramolecular Hbond substituents is 1. The predicted molar refractivity (Wildman–Crippen MR) is 89.0 cm³/mol. The summed E-state index contributed by atoms with van der Waals surface area (Å²) in [6, 6.07) is 8.54. The van der Waals surface area contributed by atoms with Crippen molar-refractivity contribution in [3.8, 4) is 11.5 Å². The normalized spacial score (nSPS) is 11.2. The van der Waals surface area contributed by atoms with Crippen LogP contribution in [-0.2, 0) is 6.42 Å². The molecule has 132 valence electrons. The van der Waals surface area contributed by atoms with Gasteiger partial charge in [-0.1, -0.05) is 23.7 Å². The number of nitro benzene ring substituents is 1. The molecule has 0 bridgehead atoms. The molecule has 25 heavy (non-hydrogen) atoms. The average molecular weight is 371 g/mol. The van der Waals surface area contributed by atoms with Crippen molar-refractivity contribution in [1.82, 2.24) is 0 Å². The molecule has 9 heteroatoms. The van der Waals surface area contributed by atoms with Crippen LogP contribution in [0, 0.1) is 10.1 Å². The molecule has 0 spiro atoms. The lowest BCUT2D eigenvalue weighted by molar-refractivity contribution is -0.385. The Kier molecular flexibility index (Phi) is 6.24. The number of rotatable bonds is 7. The maximum atomic E-state index is 12.1. The standard InChI is InChI=1S/C16H13ClF2N2O4/c17-12-7-11(15(22)14(8-12)21(23)24)9-20-6-5-10-1-3-13(4-2-10)25-16(18)19/h1-4,7-9,16,22H,5-6H2. The summed E-state index contributed by atoms with van der Waals surface area (Å²) in [6.45, 7) is -2.54. The highest BCUT2D eigenvalue weighted by Crippen LogP contribution is 2.32. The molecule has 0 aliphatic heterocycles. The van der Waals surface area contributed by atoms with Gasteiger partial charge in [0.1, 0.15) is 5.75 Å². The monoisotopic (exact) mass is 370 g/mol. The molecule has 0 radical (unpaired) electrons. The molecule has 1 N–H and O–H groups in total. The molecule has 0 fully saturated rings. The quantitative estimate of drug-likeness (QED) is 0.449. The Labute approximate surface area is 146 Å². The molecule has 0 aromatic heterocycles. The fourth-order valence-electron chi connectivity index (χ4n) is 2.04. The van der Waals surface area contributed by atoms with Crippen molar-refractivity contribution in [3.63, 3.8) is 0 Å². The zero-order valence-electron chi connectivity index (χ0n) is 12.7. The van der Waals surface area contributed by atoms with E-state index in [0.717, 1.165) is 11.6 Å². The van der Waals surface area contributed by atoms with Gasteiger partial charge in [-0.2, -0.15) is 8.78 Å². The molecular formula is C16H13ClF2N2O4. The van der Waals surface area contributed by atoms with Crippen LogP contribution in [0.25, 0.3) is 0 Å². The lowest BCUT2D eigenvalue weighted by atomic mass is 10.1. The van der Waals surface area contributed by atoms with E-state index in [2.05, 4.69) is 9.73 Å². The summed E-state index contributed by atoms with van der Waals surface area (Å²) in [5.74, 6) is -0.440. The number of alkyl halides is 2. The molecule has 2 aromatic rings. The molecule has 0 heterocycles. The molecule has 0 amide bonds. The van der Waals surface area contributed by atoms with Crippen LogP contribution in [0.4, 0.5) is 14.5 Å². The molecule has 0 saturated heterocycles. The first-order valence-corrected chi connectivity index (χ1v) is 7.45. The SMILES string of the molecule is O=[N+]([O-])c1cc(Cl)cc(C=NCCc2ccc(OC(F)F)cc2)c1O. The largest absolute Gasteiger partial charge is 0.502 e. The summed E-state index contributed by atoms with van der Waals surface area (Å²) >= 11 is 5.78. The van der Waals surface area contributed by atoms with E-state index in [4.69, 9.17) is 11.6 Å². The van der Waals surface area contributed by atoms with Crippen molar-refractivity contribution in [3.05, 3.63) is 62.7 Å². The molecule has 0 aliphatic rings. The highest BCUT2D eigenvalue weighted by molar-refractivity contribution is 6.31. The van der Waals surface area contributed by atoms with E-state index >= 15 is 0 Å². The molecule has 2 aromatic carbocycles. The van der Waals surface area contributed by atoms with Crippen LogP contribution in [-0.4, -0.2) is 29.4 Å². The van der Waals surface area contributed by atoms with Crippen LogP contribution in [0.5, 0.6) is 11.5 Å². The van der Waals surface area contributed by atoms with E-state index in [0.29, 0.717) is 13.0 Å². The Morgan fingerprint density at radius 2 is 2.00 bits per heavy atom. The Balaban J connectivity index is 1.99. The summed E-state index contributed by atoms with van der Waals surface area (Å²) in [7, 11) is 0. The van der Waals surface area contributed by atoms with Crippen LogP contribution >= 0.6 is 11.6 Å². The average Bonchev–Trinajstić information content (AvgIpc) is 2.55. The Bertz CT molecular complexity index is 782. The molecule has 0 unspecified atom stereocenters. The second-order valence-corrected chi connectivity index (χ2v) is 5.36. The molecular weight excluding hydrogens is 358 g/mol. The fraction of sp³-hybridized carbons (Fsp3) is 0.188. The van der Waals surface area contributed by atoms with Crippen molar-refractivity contribution in [1.29, 1.82) is 0 Å². The number of nitro groups is 1. The van der Waals surface area contributed by atoms with Gasteiger partial charge < -0.3 is 9.84 Å². The Hall–Kier alpha value is -2.74. The van der Waals surface area contributed by atoms with Gasteiger partial charge in [-0.05, 0) is 30.2 Å². The van der Waals surface area contributed by atoms with Crippen molar-refractivity contribution in [2.75, 3.05) is 6.54 Å². The number of hydrogen-bond donors (Lipinski definition) is 1. The van der Waals surface area contributed by atoms with Gasteiger partial charge in [0.15, 0.2) is 0 Å². The van der Waals surface area contributed by atoms with Gasteiger partial charge in [-0.25, -0.2) is 0 Å². The van der Waals surface area contributed by atoms with Gasteiger partial charge >= 0.3 is 12.3 Å². The predicted octanol–water partition coefficient (Wildman–Crippen LogP) is 4.22. The lowest BCUT2D eigenvalue weighted by Gasteiger charge is -2.05. The van der Waals surface area contributed by atoms with Crippen molar-refractivity contribution >= 4 is 23.5 Å². The topological polar surface area (TPSA) is 85.0 Å². The second kappa shape index (κ2) is 8.39. The fourth-order valence-corrected chi connectivity index (χ4v) is 2.26. The third-order valence-electron chi connectivity index (χ3n) is 3.19. The smallest absolute Gasteiger partial charge is 0.387 e. The van der Waals surface area contributed by atoms with Crippen LogP contribution in [0.2, 0.25) is 5.02 Å². The lowest BCUT2D eigenvalue weighted by Crippen LogP contribution is -2.01. The van der Waals surface area contributed by atoms with Crippen LogP contribution in [0.15, 0.2) is 41.4 Å². The van der Waals surface area contributed by atoms with Crippen LogP contribution in [0.3, 0.4) is 0 Å². The zero-order valence-corrected chi connectivity index (χ0v) is 13.5. The summed E-state index contributed by atoms with van der Waals surface area (Å²) in [5.41, 5.74) is 0.489. The Morgan fingerprint density at radius 3 is 2.60 bits per heavy atom. The first kappa shape index (κ1) is 18.6. The maximum Gasteiger partial charge on any atom is 0.387 e. The summed E-state index contributed by atoms with van der Waals surface area (Å²) in [4.78, 5) is 14.2. The first-order chi connectivity index (χ1) is 11.9. The van der Waals surface area contributed by atoms with E-state index in [1.165, 1.54) is 24.4 Å². The number of halogens is 3. The van der Waals surface area contributed by atoms with Crippen molar-refractivity contribution in [2.45, 2.75) is 13.0 Å². The highest BCUT2D eigenvalue weighted by Gasteiger charge is 2.17. The number of ether oxygens (including phenoxy) is 1. The van der Waals surface area contributed by atoms with Gasteiger partial charge in [-0.3, -0.25) is 15.1 Å². The number of phenols is 1. The van der Waals surface area contributed by atoms with Crippen molar-refractivity contribution in [2.24, 2.45) is 4.99 Å². The van der Waals surface area contributed by atoms with Crippen LogP contribution < -0.4 is 4.74 Å². The van der Waals surface area contributed by atoms with E-state index < -0.39 is 23.0 Å². The number of aliphatic imine (C=N–C) groups is 1. The van der Waals surface area contributed by atoms with Crippen LogP contribution in [0.1, 0.15) is 11.1 Å². The second-order valence-electron chi connectivity index (χ2n) is 4.93. The third-order valence-corrected chi connectivity index (χ3v) is 3.41. The minimum absolute atomic E-state index is 0.0680. The van der Waals surface area contributed by atoms with Crippen molar-refractivity contribution < 1.29 is 23.5 Å². The first-order valence-electron chi connectivity index (χ1n) is 7.07. The maximum absolute atomic E-state index is 12.1. The minimum Gasteiger partial charge on any atom is -0.502 e. The van der Waals surface area contributed by atoms with E-state index in [1.807, 2.05) is 0 Å². The number of nitrogens with zero attached hydrogens (tertiary/aromatic N) is 2. The number of benzene rings is 2.